The lowest BCUT2D eigenvalue weighted by molar-refractivity contribution is -0.148. The Morgan fingerprint density at radius 1 is 1.47 bits per heavy atom. The van der Waals surface area contributed by atoms with Crippen molar-refractivity contribution in [1.29, 1.82) is 0 Å². The van der Waals surface area contributed by atoms with Crippen LogP contribution in [0.15, 0.2) is 30.3 Å². The molecule has 19 heavy (non-hydrogen) atoms. The van der Waals surface area contributed by atoms with Crippen LogP contribution in [0, 0.1) is 18.3 Å². The highest BCUT2D eigenvalue weighted by Gasteiger charge is 2.36. The van der Waals surface area contributed by atoms with E-state index in [1.807, 2.05) is 30.3 Å². The number of aliphatic carboxylic acids is 1. The Labute approximate surface area is 112 Å². The van der Waals surface area contributed by atoms with Crippen LogP contribution in [0.1, 0.15) is 12.0 Å². The highest BCUT2D eigenvalue weighted by atomic mass is 16.4. The molecule has 0 aliphatic carbocycles. The SMILES string of the molecule is C#CC1CC(=O)N([C@@H](Cc2ccccc2)C(=O)O)C1. The van der Waals surface area contributed by atoms with Crippen LogP contribution in [0.2, 0.25) is 0 Å². The maximum Gasteiger partial charge on any atom is 0.326 e. The van der Waals surface area contributed by atoms with Gasteiger partial charge in [0.15, 0.2) is 0 Å². The zero-order valence-corrected chi connectivity index (χ0v) is 10.5. The van der Waals surface area contributed by atoms with E-state index in [2.05, 4.69) is 5.92 Å². The van der Waals surface area contributed by atoms with Crippen molar-refractivity contribution in [2.75, 3.05) is 6.54 Å². The van der Waals surface area contributed by atoms with E-state index in [9.17, 15) is 14.7 Å². The van der Waals surface area contributed by atoms with Crippen LogP contribution in [0.4, 0.5) is 0 Å². The molecule has 1 amide bonds. The number of benzene rings is 1. The zero-order chi connectivity index (χ0) is 13.8. The first-order valence-electron chi connectivity index (χ1n) is 6.14. The first-order valence-corrected chi connectivity index (χ1v) is 6.14. The van der Waals surface area contributed by atoms with Gasteiger partial charge in [-0.1, -0.05) is 30.3 Å². The first-order chi connectivity index (χ1) is 9.11. The fourth-order valence-corrected chi connectivity index (χ4v) is 2.31. The third kappa shape index (κ3) is 2.94. The number of terminal acetylenes is 1. The van der Waals surface area contributed by atoms with Gasteiger partial charge in [0, 0.05) is 25.3 Å². The van der Waals surface area contributed by atoms with Crippen molar-refractivity contribution in [3.05, 3.63) is 35.9 Å². The van der Waals surface area contributed by atoms with Crippen molar-refractivity contribution in [2.24, 2.45) is 5.92 Å². The van der Waals surface area contributed by atoms with Crippen molar-refractivity contribution < 1.29 is 14.7 Å². The quantitative estimate of drug-likeness (QED) is 0.824. The molecule has 1 aliphatic rings. The normalized spacial score (nSPS) is 20.1. The summed E-state index contributed by atoms with van der Waals surface area (Å²) < 4.78 is 0. The number of carboxylic acids is 1. The van der Waals surface area contributed by atoms with Gasteiger partial charge < -0.3 is 10.0 Å². The molecule has 1 heterocycles. The van der Waals surface area contributed by atoms with E-state index in [4.69, 9.17) is 6.42 Å². The molecule has 0 aromatic heterocycles. The van der Waals surface area contributed by atoms with Gasteiger partial charge in [0.05, 0.1) is 0 Å². The largest absolute Gasteiger partial charge is 0.480 e. The maximum atomic E-state index is 11.8. The lowest BCUT2D eigenvalue weighted by Gasteiger charge is -2.24. The number of rotatable bonds is 4. The lowest BCUT2D eigenvalue weighted by atomic mass is 10.0. The molecule has 1 N–H and O–H groups in total. The predicted molar refractivity (Wildman–Crippen MR) is 70.2 cm³/mol. The number of hydrogen-bond acceptors (Lipinski definition) is 2. The summed E-state index contributed by atoms with van der Waals surface area (Å²) in [6.45, 7) is 0.332. The standard InChI is InChI=1S/C15H15NO3/c1-2-11-9-14(17)16(10-11)13(15(18)19)8-12-6-4-3-5-7-12/h1,3-7,11,13H,8-10H2,(H,18,19)/t11?,13-/m0/s1. The number of carbonyl (C=O) groups is 2. The van der Waals surface area contributed by atoms with Crippen molar-refractivity contribution in [1.82, 2.24) is 4.90 Å². The molecule has 0 saturated carbocycles. The summed E-state index contributed by atoms with van der Waals surface area (Å²) in [5.41, 5.74) is 0.895. The van der Waals surface area contributed by atoms with Crippen LogP contribution in [-0.4, -0.2) is 34.5 Å². The molecule has 1 saturated heterocycles. The van der Waals surface area contributed by atoms with E-state index in [0.29, 0.717) is 13.0 Å². The van der Waals surface area contributed by atoms with Gasteiger partial charge in [-0.3, -0.25) is 4.79 Å². The van der Waals surface area contributed by atoms with Crippen LogP contribution in [-0.2, 0) is 16.0 Å². The Morgan fingerprint density at radius 2 is 2.16 bits per heavy atom. The number of carboxylic acid groups (broad SMARTS) is 1. The van der Waals surface area contributed by atoms with Gasteiger partial charge in [-0.2, -0.15) is 0 Å². The van der Waals surface area contributed by atoms with Crippen LogP contribution in [0.3, 0.4) is 0 Å². The Kier molecular flexibility index (Phi) is 3.86. The van der Waals surface area contributed by atoms with E-state index in [-0.39, 0.29) is 18.2 Å². The second-order valence-electron chi connectivity index (χ2n) is 4.66. The summed E-state index contributed by atoms with van der Waals surface area (Å²) in [6, 6.07) is 8.45. The van der Waals surface area contributed by atoms with Crippen molar-refractivity contribution in [2.45, 2.75) is 18.9 Å². The molecular formula is C15H15NO3. The summed E-state index contributed by atoms with van der Waals surface area (Å²) >= 11 is 0. The fraction of sp³-hybridized carbons (Fsp3) is 0.333. The first kappa shape index (κ1) is 13.2. The summed E-state index contributed by atoms with van der Waals surface area (Å²) in [5.74, 6) is 1.19. The highest BCUT2D eigenvalue weighted by Crippen LogP contribution is 2.21. The monoisotopic (exact) mass is 257 g/mol. The average Bonchev–Trinajstić information content (AvgIpc) is 2.78. The van der Waals surface area contributed by atoms with Gasteiger partial charge in [-0.05, 0) is 5.56 Å². The third-order valence-electron chi connectivity index (χ3n) is 3.33. The fourth-order valence-electron chi connectivity index (χ4n) is 2.31. The molecule has 0 radical (unpaired) electrons. The molecule has 1 unspecified atom stereocenters. The molecule has 1 aromatic rings. The molecule has 1 aliphatic heterocycles. The second kappa shape index (κ2) is 5.57. The summed E-state index contributed by atoms with van der Waals surface area (Å²) in [6.07, 6.45) is 5.86. The number of hydrogen-bond donors (Lipinski definition) is 1. The molecule has 98 valence electrons. The molecule has 0 bridgehead atoms. The summed E-state index contributed by atoms with van der Waals surface area (Å²) in [4.78, 5) is 24.6. The summed E-state index contributed by atoms with van der Waals surface area (Å²) in [7, 11) is 0. The van der Waals surface area contributed by atoms with Gasteiger partial charge in [0.1, 0.15) is 6.04 Å². The topological polar surface area (TPSA) is 57.6 Å². The zero-order valence-electron chi connectivity index (χ0n) is 10.5. The van der Waals surface area contributed by atoms with Gasteiger partial charge in [-0.25, -0.2) is 4.79 Å². The maximum absolute atomic E-state index is 11.8. The number of carbonyl (C=O) groups excluding carboxylic acids is 1. The van der Waals surface area contributed by atoms with Crippen molar-refractivity contribution in [3.63, 3.8) is 0 Å². The van der Waals surface area contributed by atoms with Gasteiger partial charge in [0.25, 0.3) is 0 Å². The third-order valence-corrected chi connectivity index (χ3v) is 3.33. The highest BCUT2D eigenvalue weighted by molar-refractivity contribution is 5.85. The molecule has 1 aromatic carbocycles. The minimum Gasteiger partial charge on any atom is -0.480 e. The van der Waals surface area contributed by atoms with E-state index < -0.39 is 12.0 Å². The predicted octanol–water partition coefficient (Wildman–Crippen LogP) is 1.16. The van der Waals surface area contributed by atoms with Gasteiger partial charge in [-0.15, -0.1) is 12.3 Å². The molecule has 1 fully saturated rings. The van der Waals surface area contributed by atoms with E-state index in [1.165, 1.54) is 4.90 Å². The average molecular weight is 257 g/mol. The van der Waals surface area contributed by atoms with E-state index in [0.717, 1.165) is 5.56 Å². The molecule has 2 atom stereocenters. The van der Waals surface area contributed by atoms with Crippen molar-refractivity contribution in [3.8, 4) is 12.3 Å². The van der Waals surface area contributed by atoms with Gasteiger partial charge >= 0.3 is 5.97 Å². The molecule has 4 nitrogen and oxygen atoms in total. The Morgan fingerprint density at radius 3 is 2.68 bits per heavy atom. The van der Waals surface area contributed by atoms with Crippen LogP contribution in [0.25, 0.3) is 0 Å². The second-order valence-corrected chi connectivity index (χ2v) is 4.66. The minimum absolute atomic E-state index is 0.175. The molecule has 2 rings (SSSR count). The lowest BCUT2D eigenvalue weighted by Crippen LogP contribution is -2.43. The molecule has 4 heteroatoms. The Balaban J connectivity index is 2.15. The molecule has 0 spiro atoms. The smallest absolute Gasteiger partial charge is 0.326 e. The van der Waals surface area contributed by atoms with Crippen LogP contribution in [0.5, 0.6) is 0 Å². The minimum atomic E-state index is -0.991. The van der Waals surface area contributed by atoms with Crippen molar-refractivity contribution >= 4 is 11.9 Å². The number of likely N-dealkylation sites (tertiary alicyclic amines) is 1. The number of nitrogens with zero attached hydrogens (tertiary/aromatic N) is 1. The van der Waals surface area contributed by atoms with Gasteiger partial charge in [0.2, 0.25) is 5.91 Å². The van der Waals surface area contributed by atoms with Crippen LogP contribution >= 0.6 is 0 Å². The summed E-state index contributed by atoms with van der Waals surface area (Å²) in [5, 5.41) is 9.33. The Bertz CT molecular complexity index is 518. The number of amides is 1. The van der Waals surface area contributed by atoms with Crippen LogP contribution < -0.4 is 0 Å². The van der Waals surface area contributed by atoms with E-state index in [1.54, 1.807) is 0 Å². The Hall–Kier alpha value is -2.28. The van der Waals surface area contributed by atoms with E-state index >= 15 is 0 Å². The molecular weight excluding hydrogens is 242 g/mol.